The molecule has 3 aromatic rings. The number of primary amides is 1. The SMILES string of the molecule is COc1nc(C(F)(F)F)ccc1C1CC[C@H]2[C@@H]1CCC2(F)F.NC(=O)c1nccc2[nH]ccc(=O)c12. The van der Waals surface area contributed by atoms with Gasteiger partial charge >= 0.3 is 6.18 Å². The minimum Gasteiger partial charge on any atom is -0.481 e. The molecule has 2 aliphatic carbocycles. The summed E-state index contributed by atoms with van der Waals surface area (Å²) in [5.41, 5.74) is 4.88. The molecule has 0 bridgehead atoms. The number of carbonyl (C=O) groups excluding carboxylic acids is 1. The molecule has 3 atom stereocenters. The fourth-order valence-corrected chi connectivity index (χ4v) is 5.29. The quantitative estimate of drug-likeness (QED) is 0.498. The summed E-state index contributed by atoms with van der Waals surface area (Å²) in [7, 11) is 1.25. The molecule has 2 saturated carbocycles. The van der Waals surface area contributed by atoms with E-state index < -0.39 is 29.6 Å². The van der Waals surface area contributed by atoms with Gasteiger partial charge in [0.05, 0.1) is 18.0 Å². The lowest BCUT2D eigenvalue weighted by Crippen LogP contribution is -2.23. The van der Waals surface area contributed by atoms with E-state index in [4.69, 9.17) is 10.5 Å². The van der Waals surface area contributed by atoms with Crippen molar-refractivity contribution in [3.8, 4) is 5.88 Å². The normalized spacial score (nSPS) is 22.6. The van der Waals surface area contributed by atoms with Gasteiger partial charge in [0.2, 0.25) is 5.88 Å². The number of hydrogen-bond donors (Lipinski definition) is 2. The zero-order chi connectivity index (χ0) is 26.3. The van der Waals surface area contributed by atoms with Crippen LogP contribution in [0.15, 0.2) is 41.5 Å². The second-order valence-corrected chi connectivity index (χ2v) is 8.83. The Morgan fingerprint density at radius 1 is 1.17 bits per heavy atom. The zero-order valence-corrected chi connectivity index (χ0v) is 19.1. The van der Waals surface area contributed by atoms with Crippen molar-refractivity contribution in [1.82, 2.24) is 15.0 Å². The molecule has 36 heavy (non-hydrogen) atoms. The van der Waals surface area contributed by atoms with Gasteiger partial charge in [0, 0.05) is 36.4 Å². The van der Waals surface area contributed by atoms with Crippen LogP contribution >= 0.6 is 0 Å². The van der Waals surface area contributed by atoms with Gasteiger partial charge in [0.25, 0.3) is 11.8 Å². The summed E-state index contributed by atoms with van der Waals surface area (Å²) in [5.74, 6) is -4.55. The number of alkyl halides is 5. The van der Waals surface area contributed by atoms with Crippen LogP contribution in [0.4, 0.5) is 22.0 Å². The van der Waals surface area contributed by atoms with E-state index in [0.29, 0.717) is 30.3 Å². The monoisotopic (exact) mass is 510 g/mol. The van der Waals surface area contributed by atoms with Gasteiger partial charge in [-0.15, -0.1) is 0 Å². The fourth-order valence-electron chi connectivity index (χ4n) is 5.29. The highest BCUT2D eigenvalue weighted by molar-refractivity contribution is 6.03. The van der Waals surface area contributed by atoms with Crippen LogP contribution in [0.1, 0.15) is 53.3 Å². The van der Waals surface area contributed by atoms with Crippen LogP contribution in [-0.2, 0) is 6.18 Å². The van der Waals surface area contributed by atoms with Gasteiger partial charge in [-0.25, -0.2) is 13.8 Å². The smallest absolute Gasteiger partial charge is 0.433 e. The molecule has 0 spiro atoms. The number of nitrogens with one attached hydrogen (secondary N) is 1. The van der Waals surface area contributed by atoms with Gasteiger partial charge in [-0.2, -0.15) is 13.2 Å². The number of nitrogens with two attached hydrogens (primary N) is 1. The number of fused-ring (bicyclic) bond motifs is 2. The fraction of sp³-hybridized carbons (Fsp3) is 0.417. The predicted octanol–water partition coefficient (Wildman–Crippen LogP) is 4.67. The molecule has 5 rings (SSSR count). The number of halogens is 5. The van der Waals surface area contributed by atoms with E-state index in [0.717, 1.165) is 6.07 Å². The highest BCUT2D eigenvalue weighted by Crippen LogP contribution is 2.58. The Kier molecular flexibility index (Phi) is 6.72. The summed E-state index contributed by atoms with van der Waals surface area (Å²) in [4.78, 5) is 32.5. The minimum atomic E-state index is -4.55. The molecule has 0 aromatic carbocycles. The zero-order valence-electron chi connectivity index (χ0n) is 19.1. The van der Waals surface area contributed by atoms with Crippen LogP contribution in [0.5, 0.6) is 5.88 Å². The number of aromatic amines is 1. The second kappa shape index (κ2) is 9.47. The first-order chi connectivity index (χ1) is 16.9. The first kappa shape index (κ1) is 25.5. The summed E-state index contributed by atoms with van der Waals surface area (Å²) in [6.45, 7) is 0. The minimum absolute atomic E-state index is 0.00403. The molecule has 2 fully saturated rings. The molecule has 12 heteroatoms. The highest BCUT2D eigenvalue weighted by Gasteiger charge is 2.55. The number of rotatable bonds is 3. The third-order valence-corrected chi connectivity index (χ3v) is 6.85. The van der Waals surface area contributed by atoms with Crippen LogP contribution in [0.3, 0.4) is 0 Å². The molecular formula is C24H23F5N4O3. The van der Waals surface area contributed by atoms with Crippen molar-refractivity contribution in [2.75, 3.05) is 7.11 Å². The standard InChI is InChI=1S/C15H16F5NO.C9H7N3O2/c1-22-13-10(3-5-12(21-13)15(18,19)20)8-2-4-11-9(8)6-7-14(11,16)17;10-9(14)8-7-5(1-3-12-8)11-4-2-6(7)13/h3,5,8-9,11H,2,4,6-7H2,1H3;1-4H,(H2,10,14)(H,11,13)/t8?,9-,11+;/m1./s1. The number of hydrogen-bond acceptors (Lipinski definition) is 5. The topological polar surface area (TPSA) is 111 Å². The molecule has 192 valence electrons. The Hall–Kier alpha value is -3.57. The van der Waals surface area contributed by atoms with Crippen molar-refractivity contribution in [3.63, 3.8) is 0 Å². The summed E-state index contributed by atoms with van der Waals surface area (Å²) in [6, 6.07) is 5.18. The Bertz CT molecular complexity index is 1340. The van der Waals surface area contributed by atoms with Crippen molar-refractivity contribution in [2.24, 2.45) is 17.6 Å². The van der Waals surface area contributed by atoms with E-state index in [1.54, 1.807) is 6.07 Å². The maximum Gasteiger partial charge on any atom is 0.433 e. The van der Waals surface area contributed by atoms with Crippen LogP contribution in [-0.4, -0.2) is 33.9 Å². The van der Waals surface area contributed by atoms with Gasteiger partial charge in [-0.3, -0.25) is 14.6 Å². The van der Waals surface area contributed by atoms with Crippen LogP contribution < -0.4 is 15.9 Å². The number of ether oxygens (including phenoxy) is 1. The van der Waals surface area contributed by atoms with Gasteiger partial charge in [0.15, 0.2) is 5.43 Å². The maximum atomic E-state index is 13.8. The lowest BCUT2D eigenvalue weighted by atomic mass is 9.86. The maximum absolute atomic E-state index is 13.8. The van der Waals surface area contributed by atoms with Crippen LogP contribution in [0.2, 0.25) is 0 Å². The third-order valence-electron chi connectivity index (χ3n) is 6.85. The molecule has 3 heterocycles. The van der Waals surface area contributed by atoms with Crippen molar-refractivity contribution < 1.29 is 31.5 Å². The lowest BCUT2D eigenvalue weighted by molar-refractivity contribution is -0.141. The first-order valence-electron chi connectivity index (χ1n) is 11.2. The number of nitrogens with zero attached hydrogens (tertiary/aromatic N) is 2. The van der Waals surface area contributed by atoms with Crippen molar-refractivity contribution in [2.45, 2.75) is 43.7 Å². The Labute approximate surface area is 201 Å². The second-order valence-electron chi connectivity index (χ2n) is 8.83. The Morgan fingerprint density at radius 2 is 1.92 bits per heavy atom. The molecule has 1 unspecified atom stereocenters. The van der Waals surface area contributed by atoms with Gasteiger partial charge in [-0.1, -0.05) is 6.07 Å². The van der Waals surface area contributed by atoms with Crippen LogP contribution in [0, 0.1) is 11.8 Å². The third kappa shape index (κ3) is 4.76. The number of pyridine rings is 3. The Balaban J connectivity index is 0.000000187. The molecule has 0 radical (unpaired) electrons. The molecule has 1 amide bonds. The number of carbonyl (C=O) groups is 1. The number of methoxy groups -OCH3 is 1. The van der Waals surface area contributed by atoms with Crippen molar-refractivity contribution in [3.05, 3.63) is 63.8 Å². The van der Waals surface area contributed by atoms with E-state index in [-0.39, 0.29) is 40.6 Å². The molecule has 3 aromatic heterocycles. The summed E-state index contributed by atoms with van der Waals surface area (Å²) < 4.78 is 70.7. The lowest BCUT2D eigenvalue weighted by Gasteiger charge is -2.22. The predicted molar refractivity (Wildman–Crippen MR) is 120 cm³/mol. The van der Waals surface area contributed by atoms with E-state index in [1.165, 1.54) is 31.6 Å². The number of H-pyrrole nitrogens is 1. The summed E-state index contributed by atoms with van der Waals surface area (Å²) in [5, 5.41) is 0.238. The average Bonchev–Trinajstić information content (AvgIpc) is 3.39. The number of aromatic nitrogens is 3. The molecule has 0 saturated heterocycles. The average molecular weight is 510 g/mol. The molecule has 0 aliphatic heterocycles. The van der Waals surface area contributed by atoms with Crippen molar-refractivity contribution >= 4 is 16.8 Å². The number of amides is 1. The largest absolute Gasteiger partial charge is 0.481 e. The van der Waals surface area contributed by atoms with E-state index >= 15 is 0 Å². The van der Waals surface area contributed by atoms with Gasteiger partial charge in [0.1, 0.15) is 11.4 Å². The molecule has 3 N–H and O–H groups in total. The Morgan fingerprint density at radius 3 is 2.58 bits per heavy atom. The molecular weight excluding hydrogens is 487 g/mol. The summed E-state index contributed by atoms with van der Waals surface area (Å²) >= 11 is 0. The van der Waals surface area contributed by atoms with E-state index in [2.05, 4.69) is 15.0 Å². The van der Waals surface area contributed by atoms with Crippen molar-refractivity contribution in [1.29, 1.82) is 0 Å². The molecule has 7 nitrogen and oxygen atoms in total. The van der Waals surface area contributed by atoms with E-state index in [9.17, 15) is 31.5 Å². The van der Waals surface area contributed by atoms with E-state index in [1.807, 2.05) is 0 Å². The molecule has 2 aliphatic rings. The first-order valence-corrected chi connectivity index (χ1v) is 11.2. The van der Waals surface area contributed by atoms with Gasteiger partial charge in [-0.05, 0) is 43.2 Å². The summed E-state index contributed by atoms with van der Waals surface area (Å²) in [6.07, 6.45) is -0.430. The van der Waals surface area contributed by atoms with Gasteiger partial charge < -0.3 is 15.5 Å². The van der Waals surface area contributed by atoms with Crippen LogP contribution in [0.25, 0.3) is 10.9 Å². The highest BCUT2D eigenvalue weighted by atomic mass is 19.4.